The molecule has 1 N–H and O–H groups in total. The van der Waals surface area contributed by atoms with Gasteiger partial charge in [0.05, 0.1) is 5.75 Å². The van der Waals surface area contributed by atoms with Crippen molar-refractivity contribution in [2.45, 2.75) is 31.8 Å². The number of rotatable bonds is 6. The van der Waals surface area contributed by atoms with Gasteiger partial charge in [0.15, 0.2) is 0 Å². The van der Waals surface area contributed by atoms with E-state index in [9.17, 15) is 13.2 Å². The van der Waals surface area contributed by atoms with Gasteiger partial charge in [-0.05, 0) is 43.7 Å². The summed E-state index contributed by atoms with van der Waals surface area (Å²) in [4.78, 5) is 22.7. The molecule has 2 atom stereocenters. The van der Waals surface area contributed by atoms with E-state index < -0.39 is 10.0 Å². The lowest BCUT2D eigenvalue weighted by Crippen LogP contribution is -2.34. The van der Waals surface area contributed by atoms with Crippen molar-refractivity contribution in [2.24, 2.45) is 11.8 Å². The van der Waals surface area contributed by atoms with Crippen LogP contribution in [0.1, 0.15) is 25.8 Å². The first-order valence-electron chi connectivity index (χ1n) is 11.3. The van der Waals surface area contributed by atoms with Crippen LogP contribution in [0.25, 0.3) is 22.2 Å². The van der Waals surface area contributed by atoms with E-state index in [4.69, 9.17) is 16.6 Å². The van der Waals surface area contributed by atoms with E-state index in [2.05, 4.69) is 10.3 Å². The zero-order chi connectivity index (χ0) is 22.9. The van der Waals surface area contributed by atoms with Crippen LogP contribution in [-0.4, -0.2) is 52.1 Å². The maximum Gasteiger partial charge on any atom is 0.260 e. The lowest BCUT2D eigenvalue weighted by Gasteiger charge is -2.19. The first kappa shape index (κ1) is 21.1. The second-order valence-electron chi connectivity index (χ2n) is 9.13. The fourth-order valence-corrected chi connectivity index (χ4v) is 6.40. The van der Waals surface area contributed by atoms with Crippen LogP contribution in [0.15, 0.2) is 41.3 Å². The minimum Gasteiger partial charge on any atom is -0.351 e. The monoisotopic (exact) mass is 485 g/mol. The molecule has 2 aromatic heterocycles. The highest BCUT2D eigenvalue weighted by Crippen LogP contribution is 2.48. The third-order valence-corrected chi connectivity index (χ3v) is 9.21. The van der Waals surface area contributed by atoms with Gasteiger partial charge >= 0.3 is 0 Å². The molecule has 33 heavy (non-hydrogen) atoms. The number of hydrogen-bond donors (Lipinski definition) is 1. The summed E-state index contributed by atoms with van der Waals surface area (Å²) in [7, 11) is -3.14. The molecule has 1 aromatic carbocycles. The number of nitrogens with one attached hydrogen (secondary N) is 1. The van der Waals surface area contributed by atoms with Gasteiger partial charge in [-0.25, -0.2) is 17.7 Å². The van der Waals surface area contributed by atoms with Gasteiger partial charge in [0.2, 0.25) is 16.0 Å². The van der Waals surface area contributed by atoms with Crippen LogP contribution in [0.4, 0.5) is 5.95 Å². The summed E-state index contributed by atoms with van der Waals surface area (Å²) in [5, 5.41) is 4.71. The van der Waals surface area contributed by atoms with Crippen LogP contribution < -0.4 is 10.9 Å². The van der Waals surface area contributed by atoms with Gasteiger partial charge in [-0.15, -0.1) is 0 Å². The molecule has 3 aromatic rings. The number of anilines is 1. The fraction of sp³-hybridized carbons (Fsp3) is 0.435. The molecule has 0 bridgehead atoms. The number of benzene rings is 1. The Hall–Kier alpha value is -2.49. The van der Waals surface area contributed by atoms with Crippen molar-refractivity contribution >= 4 is 38.6 Å². The van der Waals surface area contributed by atoms with Crippen molar-refractivity contribution in [2.75, 3.05) is 24.2 Å². The second kappa shape index (κ2) is 7.51. The van der Waals surface area contributed by atoms with Gasteiger partial charge < -0.3 is 5.32 Å². The molecule has 3 heterocycles. The number of nitrogens with zero attached hydrogens (tertiary/aromatic N) is 4. The van der Waals surface area contributed by atoms with E-state index >= 15 is 0 Å². The highest BCUT2D eigenvalue weighted by Gasteiger charge is 2.58. The number of halogens is 1. The Morgan fingerprint density at radius 2 is 1.88 bits per heavy atom. The summed E-state index contributed by atoms with van der Waals surface area (Å²) in [5.74, 6) is 1.16. The molecule has 172 valence electrons. The van der Waals surface area contributed by atoms with E-state index in [0.29, 0.717) is 40.8 Å². The van der Waals surface area contributed by atoms with Crippen molar-refractivity contribution in [1.82, 2.24) is 18.8 Å². The smallest absolute Gasteiger partial charge is 0.260 e. The Kier molecular flexibility index (Phi) is 4.80. The van der Waals surface area contributed by atoms with E-state index in [0.717, 1.165) is 18.2 Å². The summed E-state index contributed by atoms with van der Waals surface area (Å²) in [5.41, 5.74) is 1.79. The molecular formula is C23H24ClN5O3S. The van der Waals surface area contributed by atoms with Gasteiger partial charge in [-0.2, -0.15) is 4.98 Å². The maximum absolute atomic E-state index is 13.4. The maximum atomic E-state index is 13.4. The number of fused-ring (bicyclic) bond motifs is 2. The molecule has 0 spiro atoms. The Morgan fingerprint density at radius 1 is 1.15 bits per heavy atom. The Bertz CT molecular complexity index is 1420. The molecule has 1 aliphatic heterocycles. The minimum atomic E-state index is -3.14. The van der Waals surface area contributed by atoms with Gasteiger partial charge in [0.1, 0.15) is 5.65 Å². The van der Waals surface area contributed by atoms with Crippen LogP contribution in [0, 0.1) is 11.8 Å². The third-order valence-electron chi connectivity index (χ3n) is 7.06. The summed E-state index contributed by atoms with van der Waals surface area (Å²) in [6, 6.07) is 9.47. The largest absolute Gasteiger partial charge is 0.351 e. The Balaban J connectivity index is 1.31. The quantitative estimate of drug-likeness (QED) is 0.576. The number of pyridine rings is 1. The zero-order valence-electron chi connectivity index (χ0n) is 18.1. The standard InChI is InChI=1S/C23H24ClN5O3S/c1-2-33(31,32)28-11-17-18(12-28)20(17)26-23-25-10-13-9-16(15-5-3-4-6-19(15)24)22(30)29(14-7-8-14)21(13)27-23/h3-6,9-10,14,17-18,20H,2,7-8,11-12H2,1H3,(H,25,26,27). The van der Waals surface area contributed by atoms with Gasteiger partial charge in [0, 0.05) is 52.9 Å². The van der Waals surface area contributed by atoms with Crippen molar-refractivity contribution < 1.29 is 8.42 Å². The van der Waals surface area contributed by atoms with Crippen molar-refractivity contribution in [3.05, 3.63) is 51.9 Å². The zero-order valence-corrected chi connectivity index (χ0v) is 19.7. The molecule has 10 heteroatoms. The molecule has 2 unspecified atom stereocenters. The van der Waals surface area contributed by atoms with Crippen LogP contribution in [-0.2, 0) is 10.0 Å². The summed E-state index contributed by atoms with van der Waals surface area (Å²) in [6.45, 7) is 2.76. The highest BCUT2D eigenvalue weighted by molar-refractivity contribution is 7.89. The molecule has 6 rings (SSSR count). The molecule has 2 aliphatic carbocycles. The van der Waals surface area contributed by atoms with Crippen molar-refractivity contribution in [1.29, 1.82) is 0 Å². The summed E-state index contributed by atoms with van der Waals surface area (Å²) < 4.78 is 27.6. The predicted octanol–water partition coefficient (Wildman–Crippen LogP) is 3.14. The topological polar surface area (TPSA) is 97.2 Å². The van der Waals surface area contributed by atoms with Crippen LogP contribution >= 0.6 is 11.6 Å². The third kappa shape index (κ3) is 3.53. The predicted molar refractivity (Wildman–Crippen MR) is 128 cm³/mol. The Morgan fingerprint density at radius 3 is 2.55 bits per heavy atom. The average Bonchev–Trinajstić information content (AvgIpc) is 3.70. The molecule has 2 saturated carbocycles. The fourth-order valence-electron chi connectivity index (χ4n) is 4.99. The minimum absolute atomic E-state index is 0.0912. The van der Waals surface area contributed by atoms with E-state index in [1.165, 1.54) is 0 Å². The van der Waals surface area contributed by atoms with Gasteiger partial charge in [-0.3, -0.25) is 9.36 Å². The molecule has 3 fully saturated rings. The van der Waals surface area contributed by atoms with Gasteiger partial charge in [-0.1, -0.05) is 29.8 Å². The van der Waals surface area contributed by atoms with Crippen molar-refractivity contribution in [3.63, 3.8) is 0 Å². The number of piperidine rings is 1. The first-order chi connectivity index (χ1) is 15.9. The molecule has 3 aliphatic rings. The van der Waals surface area contributed by atoms with E-state index in [-0.39, 0.29) is 35.2 Å². The van der Waals surface area contributed by atoms with E-state index in [1.807, 2.05) is 24.3 Å². The molecule has 0 amide bonds. The number of aromatic nitrogens is 3. The average molecular weight is 486 g/mol. The molecule has 8 nitrogen and oxygen atoms in total. The van der Waals surface area contributed by atoms with Crippen LogP contribution in [0.3, 0.4) is 0 Å². The van der Waals surface area contributed by atoms with Crippen LogP contribution in [0.5, 0.6) is 0 Å². The highest BCUT2D eigenvalue weighted by atomic mass is 35.5. The molecule has 1 saturated heterocycles. The summed E-state index contributed by atoms with van der Waals surface area (Å²) >= 11 is 6.38. The Labute approximate surface area is 196 Å². The summed E-state index contributed by atoms with van der Waals surface area (Å²) in [6.07, 6.45) is 3.64. The van der Waals surface area contributed by atoms with Gasteiger partial charge in [0.25, 0.3) is 5.56 Å². The number of hydrogen-bond acceptors (Lipinski definition) is 6. The van der Waals surface area contributed by atoms with E-state index in [1.54, 1.807) is 28.1 Å². The molecular weight excluding hydrogens is 462 g/mol. The lowest BCUT2D eigenvalue weighted by atomic mass is 10.1. The number of sulfonamides is 1. The normalized spacial score (nSPS) is 24.7. The first-order valence-corrected chi connectivity index (χ1v) is 13.3. The SMILES string of the molecule is CCS(=O)(=O)N1CC2C(C1)C2Nc1ncc2cc(-c3ccccc3Cl)c(=O)n(C3CC3)c2n1. The lowest BCUT2D eigenvalue weighted by molar-refractivity contribution is 0.437. The van der Waals surface area contributed by atoms with Crippen molar-refractivity contribution in [3.8, 4) is 11.1 Å². The molecule has 0 radical (unpaired) electrons. The second-order valence-corrected chi connectivity index (χ2v) is 11.8. The van der Waals surface area contributed by atoms with Crippen LogP contribution in [0.2, 0.25) is 5.02 Å².